The van der Waals surface area contributed by atoms with Crippen molar-refractivity contribution in [3.8, 4) is 0 Å². The normalized spacial score (nSPS) is 15.4. The second-order valence-corrected chi connectivity index (χ2v) is 6.35. The molecule has 1 unspecified atom stereocenters. The number of para-hydroxylation sites is 1. The highest BCUT2D eigenvalue weighted by Gasteiger charge is 2.36. The first kappa shape index (κ1) is 14.9. The van der Waals surface area contributed by atoms with Crippen LogP contribution in [0.3, 0.4) is 0 Å². The number of carbonyl (C=O) groups excluding carboxylic acids is 1. The fourth-order valence-corrected chi connectivity index (χ4v) is 3.22. The van der Waals surface area contributed by atoms with E-state index in [1.807, 2.05) is 47.4 Å². The maximum atomic E-state index is 13.0. The van der Waals surface area contributed by atoms with Crippen molar-refractivity contribution in [3.05, 3.63) is 60.2 Å². The Morgan fingerprint density at radius 2 is 1.88 bits per heavy atom. The van der Waals surface area contributed by atoms with Gasteiger partial charge < -0.3 is 4.90 Å². The molecule has 5 nitrogen and oxygen atoms in total. The molecular formula is C19H20N4O. The molecule has 0 bridgehead atoms. The van der Waals surface area contributed by atoms with Crippen molar-refractivity contribution >= 4 is 16.9 Å². The van der Waals surface area contributed by atoms with Gasteiger partial charge in [-0.15, -0.1) is 5.10 Å². The number of benzene rings is 2. The molecule has 1 heterocycles. The van der Waals surface area contributed by atoms with Gasteiger partial charge in [0, 0.05) is 6.04 Å². The van der Waals surface area contributed by atoms with E-state index in [1.54, 1.807) is 4.68 Å². The lowest BCUT2D eigenvalue weighted by atomic mass is 10.1. The zero-order valence-corrected chi connectivity index (χ0v) is 13.7. The van der Waals surface area contributed by atoms with Crippen molar-refractivity contribution in [3.63, 3.8) is 0 Å². The molecule has 1 aliphatic rings. The van der Waals surface area contributed by atoms with Crippen LogP contribution in [0.25, 0.3) is 11.0 Å². The second-order valence-electron chi connectivity index (χ2n) is 6.35. The van der Waals surface area contributed by atoms with Crippen LogP contribution in [0.15, 0.2) is 54.6 Å². The van der Waals surface area contributed by atoms with Gasteiger partial charge in [0.1, 0.15) is 12.1 Å². The molecular weight excluding hydrogens is 300 g/mol. The first-order chi connectivity index (χ1) is 11.7. The molecule has 0 radical (unpaired) electrons. The van der Waals surface area contributed by atoms with Crippen molar-refractivity contribution in [2.45, 2.75) is 38.4 Å². The Kier molecular flexibility index (Phi) is 3.76. The van der Waals surface area contributed by atoms with Gasteiger partial charge in [0.05, 0.1) is 11.6 Å². The monoisotopic (exact) mass is 320 g/mol. The molecule has 1 aromatic heterocycles. The minimum atomic E-state index is 0.0704. The maximum Gasteiger partial charge on any atom is 0.245 e. The average molecular weight is 320 g/mol. The minimum absolute atomic E-state index is 0.0704. The van der Waals surface area contributed by atoms with Gasteiger partial charge >= 0.3 is 0 Å². The number of nitrogens with zero attached hydrogens (tertiary/aromatic N) is 4. The third kappa shape index (κ3) is 2.77. The Morgan fingerprint density at radius 1 is 1.17 bits per heavy atom. The van der Waals surface area contributed by atoms with Crippen LogP contribution in [-0.4, -0.2) is 31.8 Å². The number of hydrogen-bond acceptors (Lipinski definition) is 3. The first-order valence-corrected chi connectivity index (χ1v) is 8.38. The molecule has 3 aromatic rings. The number of carbonyl (C=O) groups is 1. The van der Waals surface area contributed by atoms with Crippen LogP contribution in [0.1, 0.15) is 31.4 Å². The lowest BCUT2D eigenvalue weighted by Crippen LogP contribution is -2.38. The van der Waals surface area contributed by atoms with E-state index in [1.165, 1.54) is 5.56 Å². The van der Waals surface area contributed by atoms with Crippen molar-refractivity contribution in [1.82, 2.24) is 19.9 Å². The van der Waals surface area contributed by atoms with Crippen LogP contribution in [-0.2, 0) is 11.3 Å². The fourth-order valence-electron chi connectivity index (χ4n) is 3.22. The van der Waals surface area contributed by atoms with E-state index in [0.29, 0.717) is 6.04 Å². The van der Waals surface area contributed by atoms with Crippen LogP contribution in [0.4, 0.5) is 0 Å². The van der Waals surface area contributed by atoms with E-state index in [9.17, 15) is 4.79 Å². The molecule has 4 rings (SSSR count). The van der Waals surface area contributed by atoms with Gasteiger partial charge in [-0.2, -0.15) is 0 Å². The smallest absolute Gasteiger partial charge is 0.245 e. The molecule has 1 fully saturated rings. The first-order valence-electron chi connectivity index (χ1n) is 8.38. The number of amides is 1. The summed E-state index contributed by atoms with van der Waals surface area (Å²) in [5.74, 6) is 0.101. The van der Waals surface area contributed by atoms with Gasteiger partial charge in [-0.1, -0.05) is 47.7 Å². The summed E-state index contributed by atoms with van der Waals surface area (Å²) in [6.45, 7) is 2.33. The fraction of sp³-hybridized carbons (Fsp3) is 0.316. The summed E-state index contributed by atoms with van der Waals surface area (Å²) < 4.78 is 1.70. The lowest BCUT2D eigenvalue weighted by molar-refractivity contribution is -0.134. The predicted molar refractivity (Wildman–Crippen MR) is 92.3 cm³/mol. The van der Waals surface area contributed by atoms with Crippen LogP contribution in [0.2, 0.25) is 0 Å². The highest BCUT2D eigenvalue weighted by molar-refractivity contribution is 5.80. The van der Waals surface area contributed by atoms with Gasteiger partial charge in [-0.25, -0.2) is 4.68 Å². The third-order valence-electron chi connectivity index (χ3n) is 4.63. The van der Waals surface area contributed by atoms with Gasteiger partial charge in [0.2, 0.25) is 5.91 Å². The highest BCUT2D eigenvalue weighted by atomic mass is 16.2. The average Bonchev–Trinajstić information content (AvgIpc) is 3.37. The Balaban J connectivity index is 1.59. The summed E-state index contributed by atoms with van der Waals surface area (Å²) in [6, 6.07) is 18.4. The molecule has 24 heavy (non-hydrogen) atoms. The molecule has 1 amide bonds. The standard InChI is InChI=1S/C19H20N4O/c1-14(15-7-3-2-4-8-15)23(16-11-12-16)19(24)13-22-18-10-6-5-9-17(18)20-21-22/h2-10,14,16H,11-13H2,1H3. The Labute approximate surface area is 140 Å². The molecule has 0 N–H and O–H groups in total. The zero-order valence-electron chi connectivity index (χ0n) is 13.7. The van der Waals surface area contributed by atoms with E-state index >= 15 is 0 Å². The van der Waals surface area contributed by atoms with Crippen molar-refractivity contribution in [2.24, 2.45) is 0 Å². The topological polar surface area (TPSA) is 51.0 Å². The van der Waals surface area contributed by atoms with Crippen LogP contribution < -0.4 is 0 Å². The molecule has 0 spiro atoms. The van der Waals surface area contributed by atoms with E-state index in [4.69, 9.17) is 0 Å². The van der Waals surface area contributed by atoms with Crippen molar-refractivity contribution < 1.29 is 4.79 Å². The van der Waals surface area contributed by atoms with Crippen molar-refractivity contribution in [1.29, 1.82) is 0 Å². The van der Waals surface area contributed by atoms with Crippen LogP contribution in [0, 0.1) is 0 Å². The van der Waals surface area contributed by atoms with Gasteiger partial charge in [-0.3, -0.25) is 4.79 Å². The summed E-state index contributed by atoms with van der Waals surface area (Å²) in [4.78, 5) is 15.0. The maximum absolute atomic E-state index is 13.0. The quantitative estimate of drug-likeness (QED) is 0.725. The number of aromatic nitrogens is 3. The molecule has 122 valence electrons. The Morgan fingerprint density at radius 3 is 2.62 bits per heavy atom. The zero-order chi connectivity index (χ0) is 16.5. The molecule has 1 aliphatic carbocycles. The molecule has 0 saturated heterocycles. The summed E-state index contributed by atoms with van der Waals surface area (Å²) in [5.41, 5.74) is 2.88. The molecule has 1 atom stereocenters. The van der Waals surface area contributed by atoms with E-state index in [-0.39, 0.29) is 18.5 Å². The van der Waals surface area contributed by atoms with E-state index in [0.717, 1.165) is 23.9 Å². The van der Waals surface area contributed by atoms with Gasteiger partial charge in [-0.05, 0) is 37.5 Å². The predicted octanol–water partition coefficient (Wildman–Crippen LogP) is 3.18. The molecule has 1 saturated carbocycles. The molecule has 0 aliphatic heterocycles. The molecule has 5 heteroatoms. The van der Waals surface area contributed by atoms with Crippen molar-refractivity contribution in [2.75, 3.05) is 0 Å². The van der Waals surface area contributed by atoms with Crippen LogP contribution in [0.5, 0.6) is 0 Å². The summed E-state index contributed by atoms with van der Waals surface area (Å²) >= 11 is 0. The Hall–Kier alpha value is -2.69. The number of rotatable bonds is 5. The highest BCUT2D eigenvalue weighted by Crippen LogP contribution is 2.34. The minimum Gasteiger partial charge on any atom is -0.331 e. The lowest BCUT2D eigenvalue weighted by Gasteiger charge is -2.30. The summed E-state index contributed by atoms with van der Waals surface area (Å²) in [6.07, 6.45) is 2.17. The SMILES string of the molecule is CC(c1ccccc1)N(C(=O)Cn1nnc2ccccc21)C1CC1. The van der Waals surface area contributed by atoms with E-state index in [2.05, 4.69) is 29.4 Å². The largest absolute Gasteiger partial charge is 0.331 e. The summed E-state index contributed by atoms with van der Waals surface area (Å²) in [5, 5.41) is 8.29. The van der Waals surface area contributed by atoms with E-state index < -0.39 is 0 Å². The second kappa shape index (κ2) is 6.07. The molecule has 2 aromatic carbocycles. The van der Waals surface area contributed by atoms with Gasteiger partial charge in [0.15, 0.2) is 0 Å². The number of fused-ring (bicyclic) bond motifs is 1. The number of hydrogen-bond donors (Lipinski definition) is 0. The van der Waals surface area contributed by atoms with Crippen LogP contribution >= 0.6 is 0 Å². The Bertz CT molecular complexity index is 854. The third-order valence-corrected chi connectivity index (χ3v) is 4.63. The van der Waals surface area contributed by atoms with Gasteiger partial charge in [0.25, 0.3) is 0 Å². The summed E-state index contributed by atoms with van der Waals surface area (Å²) in [7, 11) is 0.